The van der Waals surface area contributed by atoms with Crippen LogP contribution in [0.15, 0.2) is 24.7 Å². The fourth-order valence-electron chi connectivity index (χ4n) is 5.11. The Kier molecular flexibility index (Phi) is 6.50. The molecule has 6 heteroatoms. The van der Waals surface area contributed by atoms with Gasteiger partial charge in [-0.25, -0.2) is 4.98 Å². The normalized spacial score (nSPS) is 23.9. The Balaban J connectivity index is 1.43. The smallest absolute Gasteiger partial charge is 0.129 e. The number of nitrogens with zero attached hydrogens (tertiary/aromatic N) is 4. The van der Waals surface area contributed by atoms with E-state index in [4.69, 9.17) is 9.72 Å². The minimum atomic E-state index is 0.358. The van der Waals surface area contributed by atoms with Crippen molar-refractivity contribution in [2.75, 3.05) is 38.7 Å². The second kappa shape index (κ2) is 9.26. The van der Waals surface area contributed by atoms with Crippen molar-refractivity contribution in [3.8, 4) is 0 Å². The maximum atomic E-state index is 5.33. The van der Waals surface area contributed by atoms with E-state index in [-0.39, 0.29) is 0 Å². The lowest BCUT2D eigenvalue weighted by atomic mass is 9.81. The van der Waals surface area contributed by atoms with Gasteiger partial charge in [0, 0.05) is 57.2 Å². The van der Waals surface area contributed by atoms with E-state index in [0.717, 1.165) is 25.5 Å². The van der Waals surface area contributed by atoms with Crippen LogP contribution in [0, 0.1) is 0 Å². The van der Waals surface area contributed by atoms with Crippen LogP contribution < -0.4 is 5.32 Å². The molecule has 0 aromatic carbocycles. The summed E-state index contributed by atoms with van der Waals surface area (Å²) in [4.78, 5) is 7.42. The van der Waals surface area contributed by atoms with E-state index in [1.54, 1.807) is 7.11 Å². The third-order valence-corrected chi connectivity index (χ3v) is 6.69. The minimum Gasteiger partial charge on any atom is -0.383 e. The summed E-state index contributed by atoms with van der Waals surface area (Å²) in [7, 11) is 3.78. The highest BCUT2D eigenvalue weighted by atomic mass is 16.5. The van der Waals surface area contributed by atoms with Gasteiger partial charge in [0.05, 0.1) is 12.8 Å². The van der Waals surface area contributed by atoms with Gasteiger partial charge in [-0.15, -0.1) is 0 Å². The largest absolute Gasteiger partial charge is 0.383 e. The van der Waals surface area contributed by atoms with Crippen molar-refractivity contribution < 1.29 is 4.74 Å². The van der Waals surface area contributed by atoms with E-state index < -0.39 is 0 Å². The second-order valence-corrected chi connectivity index (χ2v) is 8.62. The Morgan fingerprint density at radius 3 is 2.69 bits per heavy atom. The molecule has 1 atom stereocenters. The van der Waals surface area contributed by atoms with Crippen molar-refractivity contribution in [1.29, 1.82) is 0 Å². The SMILES string of the molecule is CCCN(CCOC)[C@H]1CC[C@H](c2cnc3c(c2)C(c2cnn(C)c2)CN3)CC1. The Labute approximate surface area is 174 Å². The van der Waals surface area contributed by atoms with Crippen LogP contribution in [0.2, 0.25) is 0 Å². The predicted molar refractivity (Wildman–Crippen MR) is 117 cm³/mol. The summed E-state index contributed by atoms with van der Waals surface area (Å²) in [5, 5.41) is 7.84. The molecule has 29 heavy (non-hydrogen) atoms. The van der Waals surface area contributed by atoms with Crippen LogP contribution in [-0.2, 0) is 11.8 Å². The molecule has 3 heterocycles. The van der Waals surface area contributed by atoms with E-state index in [0.29, 0.717) is 17.9 Å². The molecule has 0 radical (unpaired) electrons. The zero-order chi connectivity index (χ0) is 20.2. The first-order valence-electron chi connectivity index (χ1n) is 11.1. The molecule has 0 saturated heterocycles. The zero-order valence-electron chi connectivity index (χ0n) is 18.1. The van der Waals surface area contributed by atoms with Gasteiger partial charge in [-0.05, 0) is 61.8 Å². The maximum Gasteiger partial charge on any atom is 0.129 e. The molecular weight excluding hydrogens is 362 g/mol. The molecule has 0 amide bonds. The number of aryl methyl sites for hydroxylation is 1. The number of rotatable bonds is 8. The Hall–Kier alpha value is -1.92. The minimum absolute atomic E-state index is 0.358. The topological polar surface area (TPSA) is 55.2 Å². The fraction of sp³-hybridized carbons (Fsp3) is 0.652. The van der Waals surface area contributed by atoms with Gasteiger partial charge in [0.25, 0.3) is 0 Å². The van der Waals surface area contributed by atoms with Crippen LogP contribution >= 0.6 is 0 Å². The molecule has 1 unspecified atom stereocenters. The molecular formula is C23H35N5O. The van der Waals surface area contributed by atoms with Crippen molar-refractivity contribution in [2.24, 2.45) is 7.05 Å². The molecule has 2 aromatic rings. The number of aromatic nitrogens is 3. The summed E-state index contributed by atoms with van der Waals surface area (Å²) in [6, 6.07) is 3.12. The Morgan fingerprint density at radius 1 is 1.17 bits per heavy atom. The molecule has 2 aliphatic rings. The fourth-order valence-corrected chi connectivity index (χ4v) is 5.11. The summed E-state index contributed by atoms with van der Waals surface area (Å²) >= 11 is 0. The molecule has 158 valence electrons. The lowest BCUT2D eigenvalue weighted by molar-refractivity contribution is 0.0990. The second-order valence-electron chi connectivity index (χ2n) is 8.62. The summed E-state index contributed by atoms with van der Waals surface area (Å²) in [6.45, 7) is 6.25. The van der Waals surface area contributed by atoms with Gasteiger partial charge >= 0.3 is 0 Å². The number of hydrogen-bond donors (Lipinski definition) is 1. The van der Waals surface area contributed by atoms with Crippen LogP contribution in [0.4, 0.5) is 5.82 Å². The van der Waals surface area contributed by atoms with E-state index >= 15 is 0 Å². The van der Waals surface area contributed by atoms with E-state index in [1.165, 1.54) is 55.3 Å². The van der Waals surface area contributed by atoms with Crippen molar-refractivity contribution >= 4 is 5.82 Å². The van der Waals surface area contributed by atoms with Crippen molar-refractivity contribution in [3.05, 3.63) is 41.3 Å². The molecule has 0 spiro atoms. The number of ether oxygens (including phenoxy) is 1. The lowest BCUT2D eigenvalue weighted by Crippen LogP contribution is -2.40. The summed E-state index contributed by atoms with van der Waals surface area (Å²) in [6.07, 6.45) is 12.5. The highest BCUT2D eigenvalue weighted by Crippen LogP contribution is 2.40. The quantitative estimate of drug-likeness (QED) is 0.735. The molecule has 0 bridgehead atoms. The van der Waals surface area contributed by atoms with Gasteiger partial charge in [0.15, 0.2) is 0 Å². The average Bonchev–Trinajstić information content (AvgIpc) is 3.36. The summed E-state index contributed by atoms with van der Waals surface area (Å²) < 4.78 is 7.22. The summed E-state index contributed by atoms with van der Waals surface area (Å²) in [5.74, 6) is 2.03. The summed E-state index contributed by atoms with van der Waals surface area (Å²) in [5.41, 5.74) is 4.03. The van der Waals surface area contributed by atoms with Gasteiger partial charge in [-0.3, -0.25) is 9.58 Å². The maximum absolute atomic E-state index is 5.33. The van der Waals surface area contributed by atoms with Gasteiger partial charge in [0.2, 0.25) is 0 Å². The van der Waals surface area contributed by atoms with Crippen LogP contribution in [0.1, 0.15) is 67.6 Å². The first-order chi connectivity index (χ1) is 14.2. The monoisotopic (exact) mass is 397 g/mol. The Bertz CT molecular complexity index is 796. The number of nitrogens with one attached hydrogen (secondary N) is 1. The van der Waals surface area contributed by atoms with Crippen molar-refractivity contribution in [3.63, 3.8) is 0 Å². The number of pyridine rings is 1. The number of hydrogen-bond acceptors (Lipinski definition) is 5. The van der Waals surface area contributed by atoms with Crippen molar-refractivity contribution in [1.82, 2.24) is 19.7 Å². The predicted octanol–water partition coefficient (Wildman–Crippen LogP) is 3.76. The van der Waals surface area contributed by atoms with E-state index in [9.17, 15) is 0 Å². The molecule has 1 N–H and O–H groups in total. The van der Waals surface area contributed by atoms with E-state index in [1.807, 2.05) is 17.9 Å². The molecule has 2 aromatic heterocycles. The number of fused-ring (bicyclic) bond motifs is 1. The molecule has 6 nitrogen and oxygen atoms in total. The van der Waals surface area contributed by atoms with Gasteiger partial charge < -0.3 is 10.1 Å². The standard InChI is InChI=1S/C23H35N5O/c1-4-9-28(10-11-29-3)20-7-5-17(6-8-20)18-12-21-22(15-25-23(21)24-13-18)19-14-26-27(2)16-19/h12-14,16-17,20,22H,4-11,15H2,1-3H3,(H,24,25)/t17-,20-,22?. The highest BCUT2D eigenvalue weighted by molar-refractivity contribution is 5.56. The van der Waals surface area contributed by atoms with Crippen LogP contribution in [0.3, 0.4) is 0 Å². The molecule has 1 aliphatic heterocycles. The van der Waals surface area contributed by atoms with Crippen LogP contribution in [0.25, 0.3) is 0 Å². The third-order valence-electron chi connectivity index (χ3n) is 6.69. The Morgan fingerprint density at radius 2 is 2.00 bits per heavy atom. The lowest BCUT2D eigenvalue weighted by Gasteiger charge is -2.37. The number of methoxy groups -OCH3 is 1. The van der Waals surface area contributed by atoms with Gasteiger partial charge in [0.1, 0.15) is 5.82 Å². The first kappa shape index (κ1) is 20.4. The number of anilines is 1. The molecule has 1 fully saturated rings. The van der Waals surface area contributed by atoms with Crippen LogP contribution in [0.5, 0.6) is 0 Å². The average molecular weight is 398 g/mol. The van der Waals surface area contributed by atoms with E-state index in [2.05, 4.69) is 40.7 Å². The molecule has 1 saturated carbocycles. The first-order valence-corrected chi connectivity index (χ1v) is 11.1. The van der Waals surface area contributed by atoms with Crippen LogP contribution in [-0.4, -0.2) is 59.1 Å². The van der Waals surface area contributed by atoms with Gasteiger partial charge in [-0.2, -0.15) is 5.10 Å². The third kappa shape index (κ3) is 4.48. The molecule has 4 rings (SSSR count). The highest BCUT2D eigenvalue weighted by Gasteiger charge is 2.30. The zero-order valence-corrected chi connectivity index (χ0v) is 18.1. The van der Waals surface area contributed by atoms with Crippen molar-refractivity contribution in [2.45, 2.75) is 56.9 Å². The van der Waals surface area contributed by atoms with Gasteiger partial charge in [-0.1, -0.05) is 6.92 Å². The molecule has 1 aliphatic carbocycles.